The van der Waals surface area contributed by atoms with Crippen molar-refractivity contribution in [3.63, 3.8) is 0 Å². The first kappa shape index (κ1) is 18.2. The zero-order valence-corrected chi connectivity index (χ0v) is 15.0. The van der Waals surface area contributed by atoms with Crippen molar-refractivity contribution < 1.29 is 18.0 Å². The Morgan fingerprint density at radius 2 is 1.96 bits per heavy atom. The lowest BCUT2D eigenvalue weighted by Gasteiger charge is -2.14. The number of rotatable bonds is 3. The van der Waals surface area contributed by atoms with Crippen molar-refractivity contribution in [1.82, 2.24) is 20.1 Å². The molecule has 1 atom stereocenters. The summed E-state index contributed by atoms with van der Waals surface area (Å²) in [5, 5.41) is 7.15. The van der Waals surface area contributed by atoms with Gasteiger partial charge in [0, 0.05) is 6.20 Å². The fourth-order valence-corrected chi connectivity index (χ4v) is 3.49. The molecule has 1 aliphatic carbocycles. The average Bonchev–Trinajstić information content (AvgIpc) is 3.25. The Hall–Kier alpha value is -3.16. The van der Waals surface area contributed by atoms with Gasteiger partial charge in [-0.1, -0.05) is 24.3 Å². The minimum absolute atomic E-state index is 0.0596. The number of amides is 1. The van der Waals surface area contributed by atoms with Gasteiger partial charge in [0.15, 0.2) is 5.82 Å². The van der Waals surface area contributed by atoms with E-state index in [0.29, 0.717) is 11.3 Å². The van der Waals surface area contributed by atoms with Crippen molar-refractivity contribution in [1.29, 1.82) is 0 Å². The molecule has 0 saturated heterocycles. The molecule has 28 heavy (non-hydrogen) atoms. The molecule has 5 nitrogen and oxygen atoms in total. The predicted molar refractivity (Wildman–Crippen MR) is 96.1 cm³/mol. The number of nitrogens with zero attached hydrogens (tertiary/aromatic N) is 3. The largest absolute Gasteiger partial charge is 0.417 e. The quantitative estimate of drug-likeness (QED) is 0.740. The van der Waals surface area contributed by atoms with Crippen LogP contribution in [0.5, 0.6) is 0 Å². The maximum Gasteiger partial charge on any atom is 0.417 e. The highest BCUT2D eigenvalue weighted by molar-refractivity contribution is 5.95. The molecule has 0 aliphatic heterocycles. The highest BCUT2D eigenvalue weighted by atomic mass is 19.4. The number of benzene rings is 1. The molecule has 2 aromatic heterocycles. The van der Waals surface area contributed by atoms with E-state index in [9.17, 15) is 18.0 Å². The van der Waals surface area contributed by atoms with Crippen LogP contribution in [0, 0.1) is 6.92 Å². The first-order valence-corrected chi connectivity index (χ1v) is 8.81. The first-order chi connectivity index (χ1) is 13.3. The van der Waals surface area contributed by atoms with E-state index in [2.05, 4.69) is 21.5 Å². The van der Waals surface area contributed by atoms with Crippen molar-refractivity contribution in [2.45, 2.75) is 32.0 Å². The Morgan fingerprint density at radius 1 is 1.18 bits per heavy atom. The molecule has 144 valence electrons. The Kier molecular flexibility index (Phi) is 4.41. The van der Waals surface area contributed by atoms with E-state index < -0.39 is 11.7 Å². The van der Waals surface area contributed by atoms with Crippen LogP contribution < -0.4 is 5.32 Å². The molecule has 1 N–H and O–H groups in total. The van der Waals surface area contributed by atoms with Crippen molar-refractivity contribution in [2.75, 3.05) is 0 Å². The lowest BCUT2D eigenvalue weighted by Crippen LogP contribution is -2.27. The third kappa shape index (κ3) is 3.26. The first-order valence-electron chi connectivity index (χ1n) is 8.81. The van der Waals surface area contributed by atoms with E-state index in [-0.39, 0.29) is 17.8 Å². The van der Waals surface area contributed by atoms with Crippen LogP contribution in [-0.2, 0) is 12.6 Å². The molecular weight excluding hydrogens is 369 g/mol. The fraction of sp³-hybridized carbons (Fsp3) is 0.250. The summed E-state index contributed by atoms with van der Waals surface area (Å²) in [5.41, 5.74) is 2.39. The molecule has 0 spiro atoms. The summed E-state index contributed by atoms with van der Waals surface area (Å²) >= 11 is 0. The van der Waals surface area contributed by atoms with Gasteiger partial charge < -0.3 is 5.32 Å². The van der Waals surface area contributed by atoms with E-state index in [4.69, 9.17) is 0 Å². The molecule has 0 bridgehead atoms. The molecule has 0 radical (unpaired) electrons. The summed E-state index contributed by atoms with van der Waals surface area (Å²) in [4.78, 5) is 16.6. The molecule has 0 saturated carbocycles. The van der Waals surface area contributed by atoms with Gasteiger partial charge in [0.25, 0.3) is 5.91 Å². The molecule has 1 aromatic carbocycles. The summed E-state index contributed by atoms with van der Waals surface area (Å²) in [6.45, 7) is 1.68. The molecule has 8 heteroatoms. The summed E-state index contributed by atoms with van der Waals surface area (Å²) in [7, 11) is 0. The fourth-order valence-electron chi connectivity index (χ4n) is 3.49. The van der Waals surface area contributed by atoms with Crippen molar-refractivity contribution in [3.8, 4) is 5.82 Å². The average molecular weight is 386 g/mol. The number of pyridine rings is 1. The van der Waals surface area contributed by atoms with E-state index >= 15 is 0 Å². The van der Waals surface area contributed by atoms with Gasteiger partial charge >= 0.3 is 6.18 Å². The standard InChI is InChI=1S/C20H17F3N4O/c1-12-16(19(28)26-17-8-6-13-4-2-3-5-15(13)17)11-25-27(12)18-9-7-14(10-24-18)20(21,22)23/h2-5,7,9-11,17H,6,8H2,1H3,(H,26,28). The van der Waals surface area contributed by atoms with Crippen molar-refractivity contribution in [3.05, 3.63) is 76.7 Å². The number of carbonyl (C=O) groups excluding carboxylic acids is 1. The van der Waals surface area contributed by atoms with Crippen LogP contribution in [-0.4, -0.2) is 20.7 Å². The number of alkyl halides is 3. The normalized spacial score (nSPS) is 16.1. The molecule has 0 fully saturated rings. The molecule has 4 rings (SSSR count). The maximum atomic E-state index is 12.7. The molecule has 1 amide bonds. The second kappa shape index (κ2) is 6.78. The summed E-state index contributed by atoms with van der Waals surface area (Å²) in [5.74, 6) is -0.0480. The number of hydrogen-bond acceptors (Lipinski definition) is 3. The number of hydrogen-bond donors (Lipinski definition) is 1. The van der Waals surface area contributed by atoms with E-state index in [1.165, 1.54) is 22.5 Å². The SMILES string of the molecule is Cc1c(C(=O)NC2CCc3ccccc32)cnn1-c1ccc(C(F)(F)F)cn1. The van der Waals surface area contributed by atoms with Crippen LogP contribution in [0.1, 0.15) is 45.2 Å². The maximum absolute atomic E-state index is 12.7. The Balaban J connectivity index is 1.54. The van der Waals surface area contributed by atoms with Gasteiger partial charge in [-0.2, -0.15) is 18.3 Å². The topological polar surface area (TPSA) is 59.8 Å². The predicted octanol–water partition coefficient (Wildman–Crippen LogP) is 4.01. The minimum Gasteiger partial charge on any atom is -0.345 e. The zero-order chi connectivity index (χ0) is 19.9. The van der Waals surface area contributed by atoms with Crippen LogP contribution >= 0.6 is 0 Å². The second-order valence-electron chi connectivity index (χ2n) is 6.72. The van der Waals surface area contributed by atoms with Crippen LogP contribution in [0.4, 0.5) is 13.2 Å². The van der Waals surface area contributed by atoms with Gasteiger partial charge in [-0.25, -0.2) is 9.67 Å². The third-order valence-electron chi connectivity index (χ3n) is 4.98. The molecule has 2 heterocycles. The number of carbonyl (C=O) groups is 1. The van der Waals surface area contributed by atoms with Crippen LogP contribution in [0.2, 0.25) is 0 Å². The second-order valence-corrected chi connectivity index (χ2v) is 6.72. The molecule has 1 unspecified atom stereocenters. The summed E-state index contributed by atoms with van der Waals surface area (Å²) in [6, 6.07) is 10.1. The molecule has 3 aromatic rings. The van der Waals surface area contributed by atoms with Gasteiger partial charge in [0.05, 0.1) is 29.1 Å². The van der Waals surface area contributed by atoms with E-state index in [0.717, 1.165) is 30.7 Å². The van der Waals surface area contributed by atoms with Crippen LogP contribution in [0.3, 0.4) is 0 Å². The minimum atomic E-state index is -4.45. The van der Waals surface area contributed by atoms with Gasteiger partial charge in [-0.05, 0) is 43.0 Å². The van der Waals surface area contributed by atoms with E-state index in [1.54, 1.807) is 6.92 Å². The lowest BCUT2D eigenvalue weighted by molar-refractivity contribution is -0.137. The van der Waals surface area contributed by atoms with Crippen molar-refractivity contribution in [2.24, 2.45) is 0 Å². The van der Waals surface area contributed by atoms with Crippen LogP contribution in [0.25, 0.3) is 5.82 Å². The Bertz CT molecular complexity index is 1020. The highest BCUT2D eigenvalue weighted by Gasteiger charge is 2.31. The third-order valence-corrected chi connectivity index (χ3v) is 4.98. The lowest BCUT2D eigenvalue weighted by atomic mass is 10.1. The number of aryl methyl sites for hydroxylation is 1. The molecular formula is C20H17F3N4O. The zero-order valence-electron chi connectivity index (χ0n) is 15.0. The Labute approximate surface area is 159 Å². The number of nitrogens with one attached hydrogen (secondary N) is 1. The summed E-state index contributed by atoms with van der Waals surface area (Å²) in [6.07, 6.45) is -0.544. The van der Waals surface area contributed by atoms with Gasteiger partial charge in [0.2, 0.25) is 0 Å². The van der Waals surface area contributed by atoms with E-state index in [1.807, 2.05) is 18.2 Å². The smallest absolute Gasteiger partial charge is 0.345 e. The van der Waals surface area contributed by atoms with Gasteiger partial charge in [-0.3, -0.25) is 4.79 Å². The van der Waals surface area contributed by atoms with Gasteiger partial charge in [-0.15, -0.1) is 0 Å². The van der Waals surface area contributed by atoms with Crippen LogP contribution in [0.15, 0.2) is 48.8 Å². The monoisotopic (exact) mass is 386 g/mol. The summed E-state index contributed by atoms with van der Waals surface area (Å²) < 4.78 is 39.4. The number of fused-ring (bicyclic) bond motifs is 1. The van der Waals surface area contributed by atoms with Gasteiger partial charge in [0.1, 0.15) is 0 Å². The highest BCUT2D eigenvalue weighted by Crippen LogP contribution is 2.31. The van der Waals surface area contributed by atoms with Crippen molar-refractivity contribution >= 4 is 5.91 Å². The number of halogens is 3. The number of aromatic nitrogens is 3. The Morgan fingerprint density at radius 3 is 2.68 bits per heavy atom. The molecule has 1 aliphatic rings.